The van der Waals surface area contributed by atoms with Crippen LogP contribution >= 0.6 is 11.8 Å². The maximum Gasteiger partial charge on any atom is 0.237 e. The molecule has 0 fully saturated rings. The van der Waals surface area contributed by atoms with E-state index < -0.39 is 0 Å². The van der Waals surface area contributed by atoms with Crippen LogP contribution in [0.15, 0.2) is 48.0 Å². The van der Waals surface area contributed by atoms with Crippen molar-refractivity contribution in [3.8, 4) is 11.6 Å². The number of hydrogen-bond acceptors (Lipinski definition) is 7. The van der Waals surface area contributed by atoms with Crippen LogP contribution in [0, 0.1) is 13.8 Å². The number of carbonyl (C=O) groups is 1. The molecule has 0 aliphatic carbocycles. The first-order valence-corrected chi connectivity index (χ1v) is 9.99. The Morgan fingerprint density at radius 1 is 1.18 bits per heavy atom. The number of nitrogens with one attached hydrogen (secondary N) is 1. The molecule has 1 aromatic carbocycles. The molecule has 3 rings (SSSR count). The number of anilines is 1. The summed E-state index contributed by atoms with van der Waals surface area (Å²) in [5.41, 5.74) is 3.52. The van der Waals surface area contributed by atoms with Crippen molar-refractivity contribution in [2.45, 2.75) is 31.8 Å². The van der Waals surface area contributed by atoms with Crippen LogP contribution in [0.5, 0.6) is 11.6 Å². The fourth-order valence-electron chi connectivity index (χ4n) is 2.72. The highest BCUT2D eigenvalue weighted by Gasteiger charge is 2.11. The lowest BCUT2D eigenvalue weighted by atomic mass is 10.1. The predicted molar refractivity (Wildman–Crippen MR) is 109 cm³/mol. The first kappa shape index (κ1) is 19.8. The van der Waals surface area contributed by atoms with Crippen LogP contribution in [-0.2, 0) is 11.2 Å². The molecular weight excluding hydrogens is 374 g/mol. The number of carbonyl (C=O) groups excluding carboxylic acids is 1. The number of aryl methyl sites for hydroxylation is 2. The summed E-state index contributed by atoms with van der Waals surface area (Å²) in [6.07, 6.45) is 7.55. The van der Waals surface area contributed by atoms with E-state index in [9.17, 15) is 4.79 Å². The third-order valence-corrected chi connectivity index (χ3v) is 4.61. The van der Waals surface area contributed by atoms with Crippen LogP contribution in [-0.4, -0.2) is 32.1 Å². The molecule has 0 aliphatic rings. The van der Waals surface area contributed by atoms with Gasteiger partial charge in [-0.25, -0.2) is 15.0 Å². The number of aromatic nitrogens is 4. The van der Waals surface area contributed by atoms with Crippen molar-refractivity contribution < 1.29 is 9.53 Å². The number of nitrogens with zero attached hydrogens (tertiary/aromatic N) is 4. The second-order valence-electron chi connectivity index (χ2n) is 6.08. The van der Waals surface area contributed by atoms with Gasteiger partial charge in [0, 0.05) is 42.0 Å². The molecule has 1 amide bonds. The van der Waals surface area contributed by atoms with Crippen LogP contribution in [0.3, 0.4) is 0 Å². The Kier molecular flexibility index (Phi) is 6.54. The van der Waals surface area contributed by atoms with E-state index in [1.54, 1.807) is 24.5 Å². The summed E-state index contributed by atoms with van der Waals surface area (Å²) in [7, 11) is 0. The largest absolute Gasteiger partial charge is 0.437 e. The standard InChI is InChI=1S/C20H21N5O2S/c1-13-17(14(2)24-20(23-13)28-3)7-8-18(26)25-15-5-4-6-16(11-15)27-19-12-21-9-10-22-19/h4-6,9-12H,7-8H2,1-3H3,(H,25,26). The molecule has 2 aromatic heterocycles. The molecule has 2 heterocycles. The summed E-state index contributed by atoms with van der Waals surface area (Å²) >= 11 is 1.51. The van der Waals surface area contributed by atoms with Crippen molar-refractivity contribution in [3.05, 3.63) is 59.8 Å². The summed E-state index contributed by atoms with van der Waals surface area (Å²) in [6.45, 7) is 3.91. The lowest BCUT2D eigenvalue weighted by molar-refractivity contribution is -0.116. The van der Waals surface area contributed by atoms with Gasteiger partial charge in [-0.05, 0) is 44.2 Å². The van der Waals surface area contributed by atoms with Crippen LogP contribution < -0.4 is 10.1 Å². The summed E-state index contributed by atoms with van der Waals surface area (Å²) in [6, 6.07) is 7.17. The highest BCUT2D eigenvalue weighted by atomic mass is 32.2. The van der Waals surface area contributed by atoms with Gasteiger partial charge in [0.15, 0.2) is 5.16 Å². The zero-order valence-corrected chi connectivity index (χ0v) is 16.8. The maximum absolute atomic E-state index is 12.4. The Morgan fingerprint density at radius 3 is 2.64 bits per heavy atom. The van der Waals surface area contributed by atoms with E-state index in [0.717, 1.165) is 22.1 Å². The average molecular weight is 395 g/mol. The van der Waals surface area contributed by atoms with Gasteiger partial charge in [0.25, 0.3) is 0 Å². The monoisotopic (exact) mass is 395 g/mol. The van der Waals surface area contributed by atoms with Gasteiger partial charge in [0.2, 0.25) is 11.8 Å². The van der Waals surface area contributed by atoms with Gasteiger partial charge >= 0.3 is 0 Å². The Morgan fingerprint density at radius 2 is 1.96 bits per heavy atom. The van der Waals surface area contributed by atoms with E-state index >= 15 is 0 Å². The third kappa shape index (κ3) is 5.26. The summed E-state index contributed by atoms with van der Waals surface area (Å²) < 4.78 is 5.64. The first-order chi connectivity index (χ1) is 13.5. The van der Waals surface area contributed by atoms with Crippen LogP contribution in [0.25, 0.3) is 0 Å². The normalized spacial score (nSPS) is 10.5. The fourth-order valence-corrected chi connectivity index (χ4v) is 3.18. The summed E-state index contributed by atoms with van der Waals surface area (Å²) in [5, 5.41) is 3.65. The van der Waals surface area contributed by atoms with E-state index in [1.807, 2.05) is 32.2 Å². The Balaban J connectivity index is 1.60. The molecule has 0 saturated heterocycles. The van der Waals surface area contributed by atoms with Crippen molar-refractivity contribution in [2.24, 2.45) is 0 Å². The number of rotatable bonds is 7. The minimum absolute atomic E-state index is 0.0793. The Labute approximate surface area is 168 Å². The van der Waals surface area contributed by atoms with Gasteiger partial charge in [0.05, 0.1) is 6.20 Å². The lowest BCUT2D eigenvalue weighted by Crippen LogP contribution is -2.13. The number of amides is 1. The number of thioether (sulfide) groups is 1. The fraction of sp³-hybridized carbons (Fsp3) is 0.250. The van der Waals surface area contributed by atoms with Crippen LogP contribution in [0.1, 0.15) is 23.4 Å². The molecule has 144 valence electrons. The SMILES string of the molecule is CSc1nc(C)c(CCC(=O)Nc2cccc(Oc3cnccn3)c2)c(C)n1. The number of ether oxygens (including phenoxy) is 1. The predicted octanol–water partition coefficient (Wildman–Crippen LogP) is 3.97. The van der Waals surface area contributed by atoms with E-state index in [-0.39, 0.29) is 5.91 Å². The van der Waals surface area contributed by atoms with Gasteiger partial charge in [0.1, 0.15) is 5.75 Å². The second kappa shape index (κ2) is 9.27. The molecule has 0 aliphatic heterocycles. The van der Waals surface area contributed by atoms with Gasteiger partial charge in [-0.1, -0.05) is 17.8 Å². The molecule has 0 spiro atoms. The van der Waals surface area contributed by atoms with Crippen molar-refractivity contribution in [2.75, 3.05) is 11.6 Å². The first-order valence-electron chi connectivity index (χ1n) is 8.77. The molecule has 28 heavy (non-hydrogen) atoms. The van der Waals surface area contributed by atoms with Crippen molar-refractivity contribution in [1.82, 2.24) is 19.9 Å². The Hall–Kier alpha value is -3.00. The molecule has 0 saturated carbocycles. The van der Waals surface area contributed by atoms with Gasteiger partial charge < -0.3 is 10.1 Å². The molecule has 1 N–H and O–H groups in total. The van der Waals surface area contributed by atoms with E-state index in [4.69, 9.17) is 4.74 Å². The van der Waals surface area contributed by atoms with E-state index in [0.29, 0.717) is 30.2 Å². The van der Waals surface area contributed by atoms with Gasteiger partial charge in [-0.2, -0.15) is 0 Å². The van der Waals surface area contributed by atoms with E-state index in [2.05, 4.69) is 25.3 Å². The highest BCUT2D eigenvalue weighted by molar-refractivity contribution is 7.98. The van der Waals surface area contributed by atoms with Crippen LogP contribution in [0.2, 0.25) is 0 Å². The van der Waals surface area contributed by atoms with Gasteiger partial charge in [-0.3, -0.25) is 9.78 Å². The average Bonchev–Trinajstić information content (AvgIpc) is 2.68. The molecule has 3 aromatic rings. The molecule has 0 radical (unpaired) electrons. The molecule has 0 atom stereocenters. The van der Waals surface area contributed by atoms with Crippen molar-refractivity contribution in [1.29, 1.82) is 0 Å². The minimum Gasteiger partial charge on any atom is -0.437 e. The van der Waals surface area contributed by atoms with Crippen molar-refractivity contribution >= 4 is 23.4 Å². The topological polar surface area (TPSA) is 89.9 Å². The van der Waals surface area contributed by atoms with Crippen LogP contribution in [0.4, 0.5) is 5.69 Å². The second-order valence-corrected chi connectivity index (χ2v) is 6.85. The molecular formula is C20H21N5O2S. The maximum atomic E-state index is 12.4. The van der Waals surface area contributed by atoms with E-state index in [1.165, 1.54) is 18.0 Å². The zero-order chi connectivity index (χ0) is 19.9. The highest BCUT2D eigenvalue weighted by Crippen LogP contribution is 2.22. The van der Waals surface area contributed by atoms with Crippen molar-refractivity contribution in [3.63, 3.8) is 0 Å². The minimum atomic E-state index is -0.0793. The number of benzene rings is 1. The summed E-state index contributed by atoms with van der Waals surface area (Å²) in [5.74, 6) is 0.890. The molecule has 8 heteroatoms. The Bertz CT molecular complexity index is 943. The third-order valence-electron chi connectivity index (χ3n) is 4.06. The number of hydrogen-bond donors (Lipinski definition) is 1. The molecule has 7 nitrogen and oxygen atoms in total. The quantitative estimate of drug-likeness (QED) is 0.478. The smallest absolute Gasteiger partial charge is 0.237 e. The molecule has 0 unspecified atom stereocenters. The molecule has 0 bridgehead atoms. The summed E-state index contributed by atoms with van der Waals surface area (Å²) in [4.78, 5) is 29.3. The zero-order valence-electron chi connectivity index (χ0n) is 16.0. The lowest BCUT2D eigenvalue weighted by Gasteiger charge is -2.11. The van der Waals surface area contributed by atoms with Gasteiger partial charge in [-0.15, -0.1) is 0 Å².